The second-order valence-corrected chi connectivity index (χ2v) is 40.3. The number of rotatable bonds is 6. The van der Waals surface area contributed by atoms with Gasteiger partial charge in [-0.05, 0) is 133 Å². The van der Waals surface area contributed by atoms with Crippen molar-refractivity contribution in [3.8, 4) is 11.5 Å². The Hall–Kier alpha value is 1.23. The maximum atomic E-state index is 6.23. The quantitative estimate of drug-likeness (QED) is 0.249. The van der Waals surface area contributed by atoms with Crippen LogP contribution < -0.4 is 9.05 Å². The summed E-state index contributed by atoms with van der Waals surface area (Å²) < 4.78 is 104. The van der Waals surface area contributed by atoms with E-state index in [-0.39, 0.29) is 40.6 Å². The van der Waals surface area contributed by atoms with Crippen LogP contribution in [0.1, 0.15) is 113 Å². The zero-order chi connectivity index (χ0) is 64.5. The van der Waals surface area contributed by atoms with Crippen molar-refractivity contribution in [3.63, 3.8) is 0 Å². The van der Waals surface area contributed by atoms with Crippen molar-refractivity contribution in [2.75, 3.05) is 160 Å². The van der Waals surface area contributed by atoms with Crippen molar-refractivity contribution < 1.29 is 86.0 Å². The summed E-state index contributed by atoms with van der Waals surface area (Å²) in [7, 11) is -0.0748. The number of aryl methyl sites for hydroxylation is 4. The highest BCUT2D eigenvalue weighted by molar-refractivity contribution is 7.56. The van der Waals surface area contributed by atoms with Crippen LogP contribution in [0.25, 0.3) is 0 Å². The van der Waals surface area contributed by atoms with E-state index in [1.54, 1.807) is 28.4 Å². The molecule has 2 aromatic rings. The zero-order valence-electron chi connectivity index (χ0n) is 56.6. The minimum absolute atomic E-state index is 0. The summed E-state index contributed by atoms with van der Waals surface area (Å²) in [5, 5.41) is 0. The van der Waals surface area contributed by atoms with Crippen LogP contribution in [0, 0.1) is 74.5 Å². The molecule has 2 bridgehead atoms. The monoisotopic (exact) mass is 1410 g/mol. The van der Waals surface area contributed by atoms with Gasteiger partial charge < -0.3 is 86.0 Å². The largest absolute Gasteiger partial charge is 0.438 e. The van der Waals surface area contributed by atoms with Crippen molar-refractivity contribution in [2.24, 2.45) is 33.0 Å². The summed E-state index contributed by atoms with van der Waals surface area (Å²) in [5.41, 5.74) is 10.5. The topological polar surface area (TPSA) is 175 Å². The Morgan fingerprint density at radius 3 is 1.08 bits per heavy atom. The van der Waals surface area contributed by atoms with E-state index in [2.05, 4.69) is 129 Å². The fraction of sp³-hybridized carbons (Fsp3) is 0.800. The van der Waals surface area contributed by atoms with Gasteiger partial charge in [-0.25, -0.2) is 0 Å². The standard InChI is InChI=1S/C20H25O2P.C12H20O5P2.C7H14O6P2.2C6H13O3P.2C4H11P.CH4/c1-11-8-13(3)19-17(15(11)5)10-18-16(6)12(2)9-14(4)20(18)22-23(7)21-19;1-9-3-11(5-13-18(2)14-6-11)10-12(4-9)7-15-19(17-10)16-8-12;1-8-14-10-3-7(4-11-14)5-12-15(9-2)13-6-7;2*1-6(2)4-8-10(7-3)9-5-6;2*1-4-5(2)3;/h8-9H,10H2,1-7H3;9-10H,3-8H2,1-2H3;3-6H2,1-2H3;2*4-5H2,1-3H3;2*4H2,1-3H3;1H4. The molecule has 9 heterocycles. The second-order valence-electron chi connectivity index (χ2n) is 25.6. The average Bonchev–Trinajstić information content (AvgIpc) is 0.789. The van der Waals surface area contributed by atoms with Crippen molar-refractivity contribution >= 4 is 75.6 Å². The minimum atomic E-state index is -1.17. The van der Waals surface area contributed by atoms with E-state index in [0.29, 0.717) is 48.2 Å². The first-order valence-electron chi connectivity index (χ1n) is 29.7. The molecule has 8 saturated heterocycles. The van der Waals surface area contributed by atoms with Gasteiger partial charge in [-0.3, -0.25) is 0 Å². The summed E-state index contributed by atoms with van der Waals surface area (Å²) in [4.78, 5) is 0. The highest BCUT2D eigenvalue weighted by atomic mass is 31.2. The van der Waals surface area contributed by atoms with Crippen molar-refractivity contribution in [2.45, 2.75) is 123 Å². The van der Waals surface area contributed by atoms with E-state index in [1.807, 2.05) is 13.3 Å². The van der Waals surface area contributed by atoms with Crippen LogP contribution in [0.5, 0.6) is 11.5 Å². The second kappa shape index (κ2) is 38.4. The lowest BCUT2D eigenvalue weighted by Crippen LogP contribution is -2.64. The van der Waals surface area contributed by atoms with Crippen LogP contribution in [-0.4, -0.2) is 166 Å². The highest BCUT2D eigenvalue weighted by Gasteiger charge is 2.64. The van der Waals surface area contributed by atoms with Crippen LogP contribution in [0.4, 0.5) is 0 Å². The van der Waals surface area contributed by atoms with E-state index in [1.165, 1.54) is 56.8 Å². The van der Waals surface area contributed by atoms with Gasteiger partial charge in [0.15, 0.2) is 8.38 Å². The van der Waals surface area contributed by atoms with Gasteiger partial charge in [0.2, 0.25) is 0 Å². The third-order valence-electron chi connectivity index (χ3n) is 15.8. The molecule has 19 nitrogen and oxygen atoms in total. The van der Waals surface area contributed by atoms with Gasteiger partial charge in [-0.1, -0.05) is 68.0 Å². The van der Waals surface area contributed by atoms with Crippen molar-refractivity contribution in [3.05, 3.63) is 56.6 Å². The first-order chi connectivity index (χ1) is 41.0. The molecule has 2 atom stereocenters. The molecule has 28 heteroatoms. The van der Waals surface area contributed by atoms with Crippen LogP contribution in [-0.2, 0) is 83.3 Å². The maximum Gasteiger partial charge on any atom is 0.333 e. The lowest BCUT2D eigenvalue weighted by atomic mass is 9.57. The summed E-state index contributed by atoms with van der Waals surface area (Å²) in [6, 6.07) is 4.43. The highest BCUT2D eigenvalue weighted by Crippen LogP contribution is 2.67. The first kappa shape index (κ1) is 81.7. The maximum absolute atomic E-state index is 6.23. The van der Waals surface area contributed by atoms with E-state index in [0.717, 1.165) is 83.6 Å². The molecule has 1 aliphatic carbocycles. The predicted octanol–water partition coefficient (Wildman–Crippen LogP) is 18.7. The Kier molecular flexibility index (Phi) is 35.6. The molecule has 9 fully saturated rings. The van der Waals surface area contributed by atoms with Crippen molar-refractivity contribution in [1.29, 1.82) is 0 Å². The Morgan fingerprint density at radius 2 is 0.773 bits per heavy atom. The van der Waals surface area contributed by atoms with Gasteiger partial charge in [0.05, 0.1) is 90.8 Å². The molecule has 0 amide bonds. The van der Waals surface area contributed by atoms with E-state index in [4.69, 9.17) is 86.0 Å². The third-order valence-corrected chi connectivity index (χ3v) is 25.2. The lowest BCUT2D eigenvalue weighted by Gasteiger charge is -2.61. The molecule has 0 aromatic heterocycles. The Labute approximate surface area is 542 Å². The first-order valence-corrected chi connectivity index (χ1v) is 43.3. The van der Waals surface area contributed by atoms with Crippen LogP contribution in [0.3, 0.4) is 0 Å². The van der Waals surface area contributed by atoms with E-state index < -0.39 is 59.8 Å². The number of fused-ring (bicyclic) bond motifs is 4. The minimum Gasteiger partial charge on any atom is -0.438 e. The zero-order valence-corrected chi connectivity index (χ0v) is 64.7. The number of benzene rings is 2. The Bertz CT molecular complexity index is 2220. The molecule has 10 aliphatic rings. The molecule has 9 aliphatic heterocycles. The van der Waals surface area contributed by atoms with Crippen molar-refractivity contribution in [1.82, 2.24) is 0 Å². The fourth-order valence-corrected chi connectivity index (χ4v) is 18.2. The summed E-state index contributed by atoms with van der Waals surface area (Å²) in [6.45, 7) is 49.6. The lowest BCUT2D eigenvalue weighted by molar-refractivity contribution is -0.220. The molecular weight excluding hydrogens is 1300 g/mol. The Balaban J connectivity index is 0.000000232. The molecule has 0 radical (unpaired) electrons. The smallest absolute Gasteiger partial charge is 0.333 e. The molecule has 2 aromatic carbocycles. The molecule has 3 spiro atoms. The van der Waals surface area contributed by atoms with Gasteiger partial charge in [0.1, 0.15) is 11.5 Å². The number of hydrogen-bond donors (Lipinski definition) is 0. The van der Waals surface area contributed by atoms with E-state index >= 15 is 0 Å². The SMILES string of the molecule is C.CC1CC2(COP(C)OC2)C2OP3OCC2(CO3)C1.CCP(C)C.CCP(C)C.COP1OCC(C)(C)CO1.COP1OCC(C)(C)CO1.COP1OCC2(CO1)COP(OC)OC2.Cc1cc(C)c2c(c1C)Cc1c(C)c(C)cc(C)c1OP(C)O2. The molecule has 12 rings (SSSR count). The molecule has 88 heavy (non-hydrogen) atoms. The molecule has 1 saturated carbocycles. The van der Waals surface area contributed by atoms with Gasteiger partial charge in [-0.2, -0.15) is 0 Å². The molecule has 0 N–H and O–H groups in total. The summed E-state index contributed by atoms with van der Waals surface area (Å²) in [6.07, 6.45) is 6.02. The number of hydrogen-bond acceptors (Lipinski definition) is 19. The third kappa shape index (κ3) is 24.3. The molecular formula is C60H111O19P9. The van der Waals surface area contributed by atoms with Crippen LogP contribution >= 0.6 is 75.6 Å². The van der Waals surface area contributed by atoms with Crippen LogP contribution in [0.15, 0.2) is 12.1 Å². The average molecular weight is 1420 g/mol. The summed E-state index contributed by atoms with van der Waals surface area (Å²) >= 11 is 0. The van der Waals surface area contributed by atoms with Gasteiger partial charge >= 0.3 is 43.0 Å². The van der Waals surface area contributed by atoms with E-state index in [9.17, 15) is 0 Å². The van der Waals surface area contributed by atoms with Crippen LogP contribution in [0.2, 0.25) is 0 Å². The fourth-order valence-electron chi connectivity index (χ4n) is 10.2. The van der Waals surface area contributed by atoms with Gasteiger partial charge in [-0.15, -0.1) is 15.8 Å². The molecule has 510 valence electrons. The van der Waals surface area contributed by atoms with Gasteiger partial charge in [0, 0.05) is 81.0 Å². The summed E-state index contributed by atoms with van der Waals surface area (Å²) in [5.74, 6) is 2.67. The molecule has 2 unspecified atom stereocenters. The normalized spacial score (nSPS) is 30.4. The Morgan fingerprint density at radius 1 is 0.466 bits per heavy atom. The van der Waals surface area contributed by atoms with Gasteiger partial charge in [0.25, 0.3) is 8.38 Å². The predicted molar refractivity (Wildman–Crippen MR) is 369 cm³/mol.